The third kappa shape index (κ3) is 7.17. The summed E-state index contributed by atoms with van der Waals surface area (Å²) >= 11 is 0. The number of nitrogens with one attached hydrogen (secondary N) is 3. The first kappa shape index (κ1) is 29.9. The Hall–Kier alpha value is -5.12. The molecule has 3 heterocycles. The SMILES string of the molecule is Cn1cc(-c2ccc(N(C(=O)NCc3ccccc3)C3CCC(Nc4ncc(C#N)c(NC5CC(F)(F)C5)n4)CC3)nc2)cn1. The number of carbonyl (C=O) groups excluding carboxylic acids is 1. The minimum atomic E-state index is -2.68. The number of nitriles is 1. The fourth-order valence-electron chi connectivity index (χ4n) is 5.85. The molecule has 2 amide bonds. The van der Waals surface area contributed by atoms with E-state index in [1.165, 1.54) is 6.20 Å². The molecule has 0 spiro atoms. The van der Waals surface area contributed by atoms with Gasteiger partial charge in [0.15, 0.2) is 0 Å². The maximum atomic E-state index is 13.6. The third-order valence-corrected chi connectivity index (χ3v) is 8.27. The smallest absolute Gasteiger partial charge is 0.323 e. The first-order valence-electron chi connectivity index (χ1n) is 15.0. The number of hydrogen-bond donors (Lipinski definition) is 3. The average molecular weight is 613 g/mol. The van der Waals surface area contributed by atoms with Crippen molar-refractivity contribution >= 4 is 23.6 Å². The summed E-state index contributed by atoms with van der Waals surface area (Å²) in [7, 11) is 1.86. The zero-order valence-electron chi connectivity index (χ0n) is 24.8. The lowest BCUT2D eigenvalue weighted by atomic mass is 9.88. The second-order valence-corrected chi connectivity index (χ2v) is 11.6. The van der Waals surface area contributed by atoms with Gasteiger partial charge < -0.3 is 16.0 Å². The first-order valence-corrected chi connectivity index (χ1v) is 15.0. The molecule has 2 aliphatic carbocycles. The zero-order valence-corrected chi connectivity index (χ0v) is 24.8. The van der Waals surface area contributed by atoms with Crippen molar-refractivity contribution in [3.05, 3.63) is 78.4 Å². The lowest BCUT2D eigenvalue weighted by Crippen LogP contribution is -2.49. The summed E-state index contributed by atoms with van der Waals surface area (Å²) in [4.78, 5) is 28.8. The molecule has 2 fully saturated rings. The van der Waals surface area contributed by atoms with Gasteiger partial charge in [-0.2, -0.15) is 15.3 Å². The fraction of sp³-hybridized carbons (Fsp3) is 0.375. The van der Waals surface area contributed by atoms with E-state index in [1.807, 2.05) is 61.8 Å². The number of pyridine rings is 1. The van der Waals surface area contributed by atoms with Crippen LogP contribution in [0, 0.1) is 11.3 Å². The lowest BCUT2D eigenvalue weighted by Gasteiger charge is -2.37. The Morgan fingerprint density at radius 3 is 2.42 bits per heavy atom. The van der Waals surface area contributed by atoms with Gasteiger partial charge in [0.1, 0.15) is 23.3 Å². The second kappa shape index (κ2) is 12.9. The molecule has 13 heteroatoms. The molecule has 0 radical (unpaired) electrons. The maximum Gasteiger partial charge on any atom is 0.323 e. The van der Waals surface area contributed by atoms with Gasteiger partial charge in [-0.15, -0.1) is 0 Å². The minimum absolute atomic E-state index is 0.0326. The van der Waals surface area contributed by atoms with Crippen LogP contribution in [0.1, 0.15) is 49.7 Å². The molecule has 45 heavy (non-hydrogen) atoms. The molecule has 1 aromatic carbocycles. The van der Waals surface area contributed by atoms with Crippen LogP contribution in [0.15, 0.2) is 67.3 Å². The van der Waals surface area contributed by atoms with Crippen molar-refractivity contribution in [1.29, 1.82) is 5.26 Å². The molecular formula is C32H34F2N10O. The number of alkyl halides is 2. The number of halogens is 2. The Morgan fingerprint density at radius 2 is 1.78 bits per heavy atom. The van der Waals surface area contributed by atoms with Gasteiger partial charge in [-0.3, -0.25) is 9.58 Å². The number of urea groups is 1. The Bertz CT molecular complexity index is 1660. The molecule has 3 N–H and O–H groups in total. The average Bonchev–Trinajstić information content (AvgIpc) is 3.47. The number of aromatic nitrogens is 5. The quantitative estimate of drug-likeness (QED) is 0.226. The van der Waals surface area contributed by atoms with E-state index >= 15 is 0 Å². The number of rotatable bonds is 9. The molecule has 3 aromatic heterocycles. The molecule has 2 aliphatic rings. The highest BCUT2D eigenvalue weighted by Crippen LogP contribution is 2.39. The van der Waals surface area contributed by atoms with Crippen molar-refractivity contribution in [2.45, 2.75) is 69.1 Å². The summed E-state index contributed by atoms with van der Waals surface area (Å²) in [5.74, 6) is -1.53. The monoisotopic (exact) mass is 612 g/mol. The van der Waals surface area contributed by atoms with Crippen molar-refractivity contribution < 1.29 is 13.6 Å². The summed E-state index contributed by atoms with van der Waals surface area (Å²) in [6, 6.07) is 14.9. The molecule has 6 rings (SSSR count). The summed E-state index contributed by atoms with van der Waals surface area (Å²) in [5, 5.41) is 23.0. The first-order chi connectivity index (χ1) is 21.8. The standard InChI is InChI=1S/C32H34F2N10O/c1-43-20-24(19-39-43)22-7-12-28(36-17-22)44(31(45)38-16-21-5-3-2-4-6-21)27-10-8-25(9-11-27)41-30-37-18-23(15-35)29(42-30)40-26-13-32(33,34)14-26/h2-7,12,17-20,25-27H,8-11,13-14,16H2,1H3,(H,38,45)(H2,37,40,41,42). The molecule has 0 aliphatic heterocycles. The molecule has 0 unspecified atom stereocenters. The molecule has 0 saturated heterocycles. The van der Waals surface area contributed by atoms with Crippen molar-refractivity contribution in [3.8, 4) is 17.2 Å². The van der Waals surface area contributed by atoms with Gasteiger partial charge in [-0.1, -0.05) is 30.3 Å². The van der Waals surface area contributed by atoms with Crippen LogP contribution >= 0.6 is 0 Å². The van der Waals surface area contributed by atoms with Gasteiger partial charge in [-0.05, 0) is 43.4 Å². The van der Waals surface area contributed by atoms with E-state index in [0.29, 0.717) is 31.2 Å². The number of carbonyl (C=O) groups is 1. The molecule has 4 aromatic rings. The highest BCUT2D eigenvalue weighted by molar-refractivity contribution is 5.91. The van der Waals surface area contributed by atoms with Crippen molar-refractivity contribution in [1.82, 2.24) is 30.0 Å². The van der Waals surface area contributed by atoms with Gasteiger partial charge >= 0.3 is 6.03 Å². The van der Waals surface area contributed by atoms with Crippen LogP contribution in [0.25, 0.3) is 11.1 Å². The number of nitrogens with zero attached hydrogens (tertiary/aromatic N) is 7. The Morgan fingerprint density at radius 1 is 1.00 bits per heavy atom. The molecule has 232 valence electrons. The Kier molecular flexibility index (Phi) is 8.55. The van der Waals surface area contributed by atoms with Crippen molar-refractivity contribution in [3.63, 3.8) is 0 Å². The third-order valence-electron chi connectivity index (χ3n) is 8.27. The predicted octanol–water partition coefficient (Wildman–Crippen LogP) is 5.49. The van der Waals surface area contributed by atoms with Crippen LogP contribution in [0.4, 0.5) is 31.2 Å². The van der Waals surface area contributed by atoms with E-state index in [1.54, 1.807) is 22.0 Å². The molecule has 2 saturated carbocycles. The van der Waals surface area contributed by atoms with Gasteiger partial charge in [0, 0.05) is 68.1 Å². The van der Waals surface area contributed by atoms with E-state index in [4.69, 9.17) is 0 Å². The Labute approximate surface area is 259 Å². The van der Waals surface area contributed by atoms with E-state index < -0.39 is 12.0 Å². The van der Waals surface area contributed by atoms with Gasteiger partial charge in [0.25, 0.3) is 5.92 Å². The largest absolute Gasteiger partial charge is 0.366 e. The van der Waals surface area contributed by atoms with Crippen molar-refractivity contribution in [2.75, 3.05) is 15.5 Å². The topological polar surface area (TPSA) is 137 Å². The van der Waals surface area contributed by atoms with Crippen LogP contribution in [-0.4, -0.2) is 54.8 Å². The van der Waals surface area contributed by atoms with E-state index in [9.17, 15) is 18.8 Å². The van der Waals surface area contributed by atoms with E-state index in [-0.39, 0.29) is 42.3 Å². The zero-order chi connectivity index (χ0) is 31.4. The Balaban J connectivity index is 1.13. The van der Waals surface area contributed by atoms with Gasteiger partial charge in [-0.25, -0.2) is 23.5 Å². The predicted molar refractivity (Wildman–Crippen MR) is 166 cm³/mol. The second-order valence-electron chi connectivity index (χ2n) is 11.6. The molecular weight excluding hydrogens is 578 g/mol. The fourth-order valence-corrected chi connectivity index (χ4v) is 5.85. The highest BCUT2D eigenvalue weighted by Gasteiger charge is 2.45. The molecule has 0 atom stereocenters. The van der Waals surface area contributed by atoms with Crippen molar-refractivity contribution in [2.24, 2.45) is 7.05 Å². The summed E-state index contributed by atoms with van der Waals surface area (Å²) in [6.45, 7) is 0.395. The summed E-state index contributed by atoms with van der Waals surface area (Å²) in [6.07, 6.45) is 9.17. The maximum absolute atomic E-state index is 13.6. The molecule has 0 bridgehead atoms. The van der Waals surface area contributed by atoms with Gasteiger partial charge in [0.2, 0.25) is 5.95 Å². The van der Waals surface area contributed by atoms with Crippen LogP contribution in [-0.2, 0) is 13.6 Å². The highest BCUT2D eigenvalue weighted by atomic mass is 19.3. The minimum Gasteiger partial charge on any atom is -0.366 e. The number of hydrogen-bond acceptors (Lipinski definition) is 8. The van der Waals surface area contributed by atoms with Crippen LogP contribution in [0.3, 0.4) is 0 Å². The summed E-state index contributed by atoms with van der Waals surface area (Å²) < 4.78 is 28.4. The number of amides is 2. The van der Waals surface area contributed by atoms with E-state index in [2.05, 4.69) is 36.0 Å². The van der Waals surface area contributed by atoms with E-state index in [0.717, 1.165) is 29.5 Å². The lowest BCUT2D eigenvalue weighted by molar-refractivity contribution is -0.0794. The number of anilines is 3. The number of aryl methyl sites for hydroxylation is 1. The van der Waals surface area contributed by atoms with Crippen LogP contribution in [0.5, 0.6) is 0 Å². The van der Waals surface area contributed by atoms with Gasteiger partial charge in [0.05, 0.1) is 12.4 Å². The molecule has 11 nitrogen and oxygen atoms in total. The van der Waals surface area contributed by atoms with Crippen LogP contribution < -0.4 is 20.9 Å². The van der Waals surface area contributed by atoms with Crippen LogP contribution in [0.2, 0.25) is 0 Å². The number of benzene rings is 1. The normalized spacial score (nSPS) is 19.2. The summed E-state index contributed by atoms with van der Waals surface area (Å²) in [5.41, 5.74) is 3.06.